The van der Waals surface area contributed by atoms with Gasteiger partial charge in [0.05, 0.1) is 6.54 Å². The molecule has 23 heavy (non-hydrogen) atoms. The zero-order valence-corrected chi connectivity index (χ0v) is 15.5. The summed E-state index contributed by atoms with van der Waals surface area (Å²) in [5, 5.41) is 9.01. The Morgan fingerprint density at radius 2 is 2.17 bits per heavy atom. The second-order valence-corrected chi connectivity index (χ2v) is 7.51. The molecule has 1 aliphatic rings. The monoisotopic (exact) mass is 392 g/mol. The smallest absolute Gasteiger partial charge is 0.191 e. The van der Waals surface area contributed by atoms with Gasteiger partial charge in [-0.3, -0.25) is 4.99 Å². The molecule has 1 aliphatic heterocycles. The maximum absolute atomic E-state index is 4.33. The van der Waals surface area contributed by atoms with Gasteiger partial charge in [0.25, 0.3) is 0 Å². The van der Waals surface area contributed by atoms with Gasteiger partial charge < -0.3 is 15.5 Å². The molecule has 2 N–H and O–H groups in total. The Balaban J connectivity index is 1.51. The molecule has 0 radical (unpaired) electrons. The van der Waals surface area contributed by atoms with Crippen LogP contribution in [-0.4, -0.2) is 32.1 Å². The van der Waals surface area contributed by atoms with E-state index in [0.29, 0.717) is 6.04 Å². The second kappa shape index (κ2) is 7.84. The molecular weight excluding hydrogens is 372 g/mol. The summed E-state index contributed by atoms with van der Waals surface area (Å²) in [4.78, 5) is 8.06. The summed E-state index contributed by atoms with van der Waals surface area (Å²) < 4.78 is 1.12. The number of benzene rings is 1. The minimum Gasteiger partial charge on any atom is -0.369 e. The van der Waals surface area contributed by atoms with Gasteiger partial charge in [0.2, 0.25) is 0 Å². The third-order valence-corrected chi connectivity index (χ3v) is 5.36. The Bertz CT molecular complexity index is 639. The molecule has 1 saturated heterocycles. The minimum absolute atomic E-state index is 0.424. The van der Waals surface area contributed by atoms with E-state index < -0.39 is 0 Å². The quantitative estimate of drug-likeness (QED) is 0.618. The van der Waals surface area contributed by atoms with Gasteiger partial charge in [-0.15, -0.1) is 11.3 Å². The van der Waals surface area contributed by atoms with Crippen molar-refractivity contribution in [3.8, 4) is 0 Å². The standard InChI is InChI=1S/C17H21BrN4S/c1-19-17(20-11-16-3-2-10-23-16)21-14-8-9-22(12-14)15-6-4-13(18)5-7-15/h2-7,10,14H,8-9,11-12H2,1H3,(H2,19,20,21). The normalized spacial score (nSPS) is 18.3. The molecule has 1 fully saturated rings. The van der Waals surface area contributed by atoms with Crippen molar-refractivity contribution in [2.45, 2.75) is 19.0 Å². The second-order valence-electron chi connectivity index (χ2n) is 5.56. The highest BCUT2D eigenvalue weighted by molar-refractivity contribution is 9.10. The fraction of sp³-hybridized carbons (Fsp3) is 0.353. The van der Waals surface area contributed by atoms with Crippen molar-refractivity contribution in [1.29, 1.82) is 0 Å². The average Bonchev–Trinajstić information content (AvgIpc) is 3.24. The van der Waals surface area contributed by atoms with Crippen molar-refractivity contribution in [2.24, 2.45) is 4.99 Å². The van der Waals surface area contributed by atoms with Gasteiger partial charge in [-0.05, 0) is 42.1 Å². The highest BCUT2D eigenvalue weighted by atomic mass is 79.9. The van der Waals surface area contributed by atoms with Crippen molar-refractivity contribution < 1.29 is 0 Å². The van der Waals surface area contributed by atoms with Gasteiger partial charge in [-0.2, -0.15) is 0 Å². The third-order valence-electron chi connectivity index (χ3n) is 3.95. The highest BCUT2D eigenvalue weighted by Gasteiger charge is 2.23. The topological polar surface area (TPSA) is 39.7 Å². The first kappa shape index (κ1) is 16.3. The zero-order valence-electron chi connectivity index (χ0n) is 13.1. The summed E-state index contributed by atoms with van der Waals surface area (Å²) in [6.07, 6.45) is 1.12. The van der Waals surface area contributed by atoms with E-state index in [2.05, 4.69) is 78.2 Å². The molecule has 2 heterocycles. The SMILES string of the molecule is CN=C(NCc1cccs1)NC1CCN(c2ccc(Br)cc2)C1. The Morgan fingerprint density at radius 3 is 2.87 bits per heavy atom. The van der Waals surface area contributed by atoms with E-state index in [9.17, 15) is 0 Å². The molecule has 122 valence electrons. The molecule has 2 aromatic rings. The van der Waals surface area contributed by atoms with Crippen LogP contribution in [0.3, 0.4) is 0 Å². The largest absolute Gasteiger partial charge is 0.369 e. The molecule has 0 aliphatic carbocycles. The third kappa shape index (κ3) is 4.48. The van der Waals surface area contributed by atoms with Gasteiger partial charge >= 0.3 is 0 Å². The lowest BCUT2D eigenvalue weighted by molar-refractivity contribution is 0.649. The van der Waals surface area contributed by atoms with Crippen LogP contribution in [0, 0.1) is 0 Å². The highest BCUT2D eigenvalue weighted by Crippen LogP contribution is 2.22. The van der Waals surface area contributed by atoms with E-state index in [-0.39, 0.29) is 0 Å². The van der Waals surface area contributed by atoms with Crippen molar-refractivity contribution in [3.05, 3.63) is 51.1 Å². The van der Waals surface area contributed by atoms with Crippen molar-refractivity contribution in [2.75, 3.05) is 25.0 Å². The summed E-state index contributed by atoms with van der Waals surface area (Å²) in [5.41, 5.74) is 1.28. The summed E-state index contributed by atoms with van der Waals surface area (Å²) >= 11 is 5.25. The molecule has 0 bridgehead atoms. The number of anilines is 1. The van der Waals surface area contributed by atoms with Crippen LogP contribution in [0.5, 0.6) is 0 Å². The molecule has 1 unspecified atom stereocenters. The molecule has 6 heteroatoms. The van der Waals surface area contributed by atoms with Crippen molar-refractivity contribution in [3.63, 3.8) is 0 Å². The number of nitrogens with one attached hydrogen (secondary N) is 2. The van der Waals surface area contributed by atoms with Crippen molar-refractivity contribution in [1.82, 2.24) is 10.6 Å². The van der Waals surface area contributed by atoms with Crippen LogP contribution in [0.25, 0.3) is 0 Å². The molecule has 1 aromatic carbocycles. The van der Waals surface area contributed by atoms with E-state index in [1.165, 1.54) is 10.6 Å². The molecule has 0 spiro atoms. The van der Waals surface area contributed by atoms with Gasteiger partial charge in [-0.25, -0.2) is 0 Å². The maximum atomic E-state index is 4.33. The molecule has 4 nitrogen and oxygen atoms in total. The fourth-order valence-corrected chi connectivity index (χ4v) is 3.65. The van der Waals surface area contributed by atoms with Crippen LogP contribution in [0.1, 0.15) is 11.3 Å². The van der Waals surface area contributed by atoms with Gasteiger partial charge in [0.15, 0.2) is 5.96 Å². The first-order valence-electron chi connectivity index (χ1n) is 7.74. The number of hydrogen-bond acceptors (Lipinski definition) is 3. The molecular formula is C17H21BrN4S. The number of guanidine groups is 1. The van der Waals surface area contributed by atoms with Gasteiger partial charge in [0, 0.05) is 41.2 Å². The van der Waals surface area contributed by atoms with Crippen LogP contribution >= 0.6 is 27.3 Å². The number of halogens is 1. The van der Waals surface area contributed by atoms with Gasteiger partial charge in [0.1, 0.15) is 0 Å². The van der Waals surface area contributed by atoms with E-state index in [1.54, 1.807) is 11.3 Å². The fourth-order valence-electron chi connectivity index (χ4n) is 2.74. The minimum atomic E-state index is 0.424. The Hall–Kier alpha value is -1.53. The molecule has 0 amide bonds. The van der Waals surface area contributed by atoms with E-state index in [1.807, 2.05) is 7.05 Å². The number of aliphatic imine (C=N–C) groups is 1. The zero-order chi connectivity index (χ0) is 16.1. The Kier molecular flexibility index (Phi) is 5.56. The predicted octanol–water partition coefficient (Wildman–Crippen LogP) is 3.45. The van der Waals surface area contributed by atoms with Crippen LogP contribution in [-0.2, 0) is 6.54 Å². The summed E-state index contributed by atoms with van der Waals surface area (Å²) in [6.45, 7) is 2.89. The number of nitrogens with zero attached hydrogens (tertiary/aromatic N) is 2. The lowest BCUT2D eigenvalue weighted by atomic mass is 10.3. The average molecular weight is 393 g/mol. The van der Waals surface area contributed by atoms with Crippen LogP contribution in [0.15, 0.2) is 51.2 Å². The Labute approximate surface area is 149 Å². The van der Waals surface area contributed by atoms with Gasteiger partial charge in [-0.1, -0.05) is 22.0 Å². The lowest BCUT2D eigenvalue weighted by Crippen LogP contribution is -2.44. The van der Waals surface area contributed by atoms with Crippen LogP contribution in [0.2, 0.25) is 0 Å². The summed E-state index contributed by atoms with van der Waals surface area (Å²) in [5.74, 6) is 0.876. The first-order chi connectivity index (χ1) is 11.2. The van der Waals surface area contributed by atoms with Crippen LogP contribution < -0.4 is 15.5 Å². The maximum Gasteiger partial charge on any atom is 0.191 e. The van der Waals surface area contributed by atoms with E-state index in [0.717, 1.165) is 36.5 Å². The first-order valence-corrected chi connectivity index (χ1v) is 9.42. The Morgan fingerprint density at radius 1 is 1.35 bits per heavy atom. The molecule has 1 aromatic heterocycles. The molecule has 0 saturated carbocycles. The number of rotatable bonds is 4. The van der Waals surface area contributed by atoms with E-state index in [4.69, 9.17) is 0 Å². The van der Waals surface area contributed by atoms with E-state index >= 15 is 0 Å². The van der Waals surface area contributed by atoms with Crippen molar-refractivity contribution >= 4 is 38.9 Å². The number of hydrogen-bond donors (Lipinski definition) is 2. The van der Waals surface area contributed by atoms with Crippen LogP contribution in [0.4, 0.5) is 5.69 Å². The molecule has 3 rings (SSSR count). The molecule has 1 atom stereocenters. The number of thiophene rings is 1. The summed E-state index contributed by atoms with van der Waals surface area (Å²) in [7, 11) is 1.82. The predicted molar refractivity (Wildman–Crippen MR) is 102 cm³/mol. The summed E-state index contributed by atoms with van der Waals surface area (Å²) in [6, 6.07) is 13.1. The lowest BCUT2D eigenvalue weighted by Gasteiger charge is -2.20.